The molecule has 20 heavy (non-hydrogen) atoms. The van der Waals surface area contributed by atoms with Gasteiger partial charge in [-0.15, -0.1) is 11.3 Å². The summed E-state index contributed by atoms with van der Waals surface area (Å²) in [7, 11) is -1.63. The number of morpholine rings is 1. The van der Waals surface area contributed by atoms with Crippen LogP contribution in [0.2, 0.25) is 0 Å². The van der Waals surface area contributed by atoms with Crippen LogP contribution in [0.25, 0.3) is 0 Å². The van der Waals surface area contributed by atoms with Gasteiger partial charge < -0.3 is 10.1 Å². The Morgan fingerprint density at radius 1 is 1.45 bits per heavy atom. The number of nitrogens with one attached hydrogen (secondary N) is 1. The van der Waals surface area contributed by atoms with Crippen LogP contribution in [0, 0.1) is 0 Å². The van der Waals surface area contributed by atoms with E-state index >= 15 is 0 Å². The molecule has 0 saturated carbocycles. The molecular weight excluding hydrogens is 364 g/mol. The summed E-state index contributed by atoms with van der Waals surface area (Å²) >= 11 is 4.82. The quantitative estimate of drug-likeness (QED) is 0.865. The highest BCUT2D eigenvalue weighted by atomic mass is 79.9. The van der Waals surface area contributed by atoms with E-state index in [1.54, 1.807) is 6.07 Å². The molecule has 1 aliphatic heterocycles. The Bertz CT molecular complexity index is 563. The highest BCUT2D eigenvalue weighted by Crippen LogP contribution is 2.34. The Labute approximate surface area is 132 Å². The highest BCUT2D eigenvalue weighted by molar-refractivity contribution is 9.11. The molecule has 0 aliphatic carbocycles. The van der Waals surface area contributed by atoms with E-state index in [0.29, 0.717) is 28.3 Å². The van der Waals surface area contributed by atoms with Crippen molar-refractivity contribution in [1.82, 2.24) is 9.62 Å². The molecule has 0 aromatic carbocycles. The van der Waals surface area contributed by atoms with Crippen molar-refractivity contribution in [3.05, 3.63) is 14.7 Å². The van der Waals surface area contributed by atoms with Crippen LogP contribution in [-0.2, 0) is 21.3 Å². The molecule has 1 fully saturated rings. The number of rotatable bonds is 4. The summed E-state index contributed by atoms with van der Waals surface area (Å²) in [5.41, 5.74) is 0. The van der Waals surface area contributed by atoms with Crippen LogP contribution in [0.1, 0.15) is 18.7 Å². The molecule has 0 radical (unpaired) electrons. The molecule has 1 N–H and O–H groups in total. The standard InChI is InChI=1S/C12H19BrN2O3S2/c1-8-6-15(7-9(2)18-8)20(16,17)11-4-10(5-14-3)19-12(11)13/h4,8-9,14H,5-7H2,1-3H3/t8-,9+. The largest absolute Gasteiger partial charge is 0.373 e. The highest BCUT2D eigenvalue weighted by Gasteiger charge is 2.34. The van der Waals surface area contributed by atoms with Gasteiger partial charge >= 0.3 is 0 Å². The first-order valence-corrected chi connectivity index (χ1v) is 9.48. The van der Waals surface area contributed by atoms with E-state index in [-0.39, 0.29) is 12.2 Å². The number of thiophene rings is 1. The molecule has 0 amide bonds. The van der Waals surface area contributed by atoms with Gasteiger partial charge in [0.25, 0.3) is 0 Å². The number of hydrogen-bond acceptors (Lipinski definition) is 5. The zero-order valence-electron chi connectivity index (χ0n) is 11.7. The van der Waals surface area contributed by atoms with E-state index < -0.39 is 10.0 Å². The van der Waals surface area contributed by atoms with Crippen molar-refractivity contribution in [3.8, 4) is 0 Å². The van der Waals surface area contributed by atoms with E-state index in [9.17, 15) is 8.42 Å². The minimum atomic E-state index is -3.47. The van der Waals surface area contributed by atoms with Crippen LogP contribution in [0.3, 0.4) is 0 Å². The van der Waals surface area contributed by atoms with Gasteiger partial charge in [0.2, 0.25) is 10.0 Å². The SMILES string of the molecule is CNCc1cc(S(=O)(=O)N2C[C@@H](C)O[C@@H](C)C2)c(Br)s1. The van der Waals surface area contributed by atoms with Gasteiger partial charge in [0.05, 0.1) is 16.0 Å². The molecule has 1 saturated heterocycles. The predicted molar refractivity (Wildman–Crippen MR) is 83.6 cm³/mol. The third-order valence-electron chi connectivity index (χ3n) is 3.06. The molecule has 8 heteroatoms. The average Bonchev–Trinajstić information content (AvgIpc) is 2.70. The fraction of sp³-hybridized carbons (Fsp3) is 0.667. The van der Waals surface area contributed by atoms with E-state index in [0.717, 1.165) is 4.88 Å². The average molecular weight is 383 g/mol. The Kier molecular flexibility index (Phi) is 5.25. The van der Waals surface area contributed by atoms with E-state index in [1.807, 2.05) is 20.9 Å². The minimum Gasteiger partial charge on any atom is -0.373 e. The Balaban J connectivity index is 2.30. The summed E-state index contributed by atoms with van der Waals surface area (Å²) in [6.45, 7) is 5.25. The number of sulfonamides is 1. The van der Waals surface area contributed by atoms with Crippen molar-refractivity contribution < 1.29 is 13.2 Å². The second-order valence-electron chi connectivity index (χ2n) is 4.96. The van der Waals surface area contributed by atoms with Crippen LogP contribution < -0.4 is 5.32 Å². The van der Waals surface area contributed by atoms with Crippen molar-refractivity contribution in [2.24, 2.45) is 0 Å². The maximum absolute atomic E-state index is 12.7. The topological polar surface area (TPSA) is 58.6 Å². The Hall–Kier alpha value is 0.01000. The lowest BCUT2D eigenvalue weighted by atomic mass is 10.3. The number of ether oxygens (including phenoxy) is 1. The van der Waals surface area contributed by atoms with Gasteiger partial charge in [0.15, 0.2) is 0 Å². The Morgan fingerprint density at radius 2 is 2.05 bits per heavy atom. The van der Waals surface area contributed by atoms with E-state index in [2.05, 4.69) is 21.2 Å². The number of nitrogens with zero attached hydrogens (tertiary/aromatic N) is 1. The third-order valence-corrected chi connectivity index (χ3v) is 7.15. The maximum atomic E-state index is 12.7. The number of hydrogen-bond donors (Lipinski definition) is 1. The summed E-state index contributed by atoms with van der Waals surface area (Å²) in [6.07, 6.45) is -0.162. The molecule has 2 atom stereocenters. The van der Waals surface area contributed by atoms with Crippen LogP contribution in [0.5, 0.6) is 0 Å². The van der Waals surface area contributed by atoms with Crippen molar-refractivity contribution >= 4 is 37.3 Å². The molecule has 0 spiro atoms. The molecule has 0 bridgehead atoms. The van der Waals surface area contributed by atoms with Crippen molar-refractivity contribution in [1.29, 1.82) is 0 Å². The predicted octanol–water partition coefficient (Wildman–Crippen LogP) is 2.03. The Morgan fingerprint density at radius 3 is 2.60 bits per heavy atom. The number of halogens is 1. The summed E-state index contributed by atoms with van der Waals surface area (Å²) in [5, 5.41) is 3.03. The zero-order chi connectivity index (χ0) is 14.9. The molecule has 2 heterocycles. The molecule has 114 valence electrons. The van der Waals surface area contributed by atoms with Gasteiger partial charge in [-0.1, -0.05) is 0 Å². The van der Waals surface area contributed by atoms with Gasteiger partial charge in [0.1, 0.15) is 4.90 Å². The van der Waals surface area contributed by atoms with Crippen LogP contribution in [0.4, 0.5) is 0 Å². The molecule has 1 aromatic rings. The van der Waals surface area contributed by atoms with Gasteiger partial charge in [-0.05, 0) is 42.9 Å². The van der Waals surface area contributed by atoms with Crippen LogP contribution >= 0.6 is 27.3 Å². The zero-order valence-corrected chi connectivity index (χ0v) is 14.9. The molecule has 1 aliphatic rings. The first-order valence-electron chi connectivity index (χ1n) is 6.43. The smallest absolute Gasteiger partial charge is 0.245 e. The van der Waals surface area contributed by atoms with Crippen LogP contribution in [0.15, 0.2) is 14.7 Å². The summed E-state index contributed by atoms with van der Waals surface area (Å²) in [6, 6.07) is 1.74. The lowest BCUT2D eigenvalue weighted by Crippen LogP contribution is -2.48. The summed E-state index contributed by atoms with van der Waals surface area (Å²) in [5.74, 6) is 0. The fourth-order valence-electron chi connectivity index (χ4n) is 2.30. The van der Waals surface area contributed by atoms with Gasteiger partial charge in [0, 0.05) is 24.5 Å². The minimum absolute atomic E-state index is 0.0808. The van der Waals surface area contributed by atoms with Crippen LogP contribution in [-0.4, -0.2) is 45.1 Å². The van der Waals surface area contributed by atoms with Crippen molar-refractivity contribution in [3.63, 3.8) is 0 Å². The first-order chi connectivity index (χ1) is 9.34. The lowest BCUT2D eigenvalue weighted by Gasteiger charge is -2.34. The fourth-order valence-corrected chi connectivity index (χ4v) is 6.54. The summed E-state index contributed by atoms with van der Waals surface area (Å²) in [4.78, 5) is 1.35. The molecule has 0 unspecified atom stereocenters. The van der Waals surface area contributed by atoms with E-state index in [4.69, 9.17) is 4.74 Å². The van der Waals surface area contributed by atoms with Gasteiger partial charge in [-0.3, -0.25) is 0 Å². The first kappa shape index (κ1) is 16.4. The monoisotopic (exact) mass is 382 g/mol. The molecule has 1 aromatic heterocycles. The molecular formula is C12H19BrN2O3S2. The normalized spacial score (nSPS) is 25.0. The van der Waals surface area contributed by atoms with Crippen molar-refractivity contribution in [2.45, 2.75) is 37.5 Å². The second-order valence-corrected chi connectivity index (χ2v) is 9.32. The maximum Gasteiger partial charge on any atom is 0.245 e. The second kappa shape index (κ2) is 6.41. The van der Waals surface area contributed by atoms with E-state index in [1.165, 1.54) is 15.6 Å². The third kappa shape index (κ3) is 3.42. The lowest BCUT2D eigenvalue weighted by molar-refractivity contribution is -0.0440. The molecule has 2 rings (SSSR count). The van der Waals surface area contributed by atoms with Gasteiger partial charge in [-0.2, -0.15) is 4.31 Å². The molecule has 5 nitrogen and oxygen atoms in total. The van der Waals surface area contributed by atoms with Gasteiger partial charge in [-0.25, -0.2) is 8.42 Å². The summed E-state index contributed by atoms with van der Waals surface area (Å²) < 4.78 is 33.3. The van der Waals surface area contributed by atoms with Crippen molar-refractivity contribution in [2.75, 3.05) is 20.1 Å².